The summed E-state index contributed by atoms with van der Waals surface area (Å²) in [5.74, 6) is 0.114. The third-order valence-electron chi connectivity index (χ3n) is 3.43. The SMILES string of the molecule is COC(=O)C1=C(C)Nc2ncnn2C1c1ccccc1O. The minimum atomic E-state index is -0.586. The number of benzene rings is 1. The first-order chi connectivity index (χ1) is 10.1. The lowest BCUT2D eigenvalue weighted by Gasteiger charge is -2.28. The molecule has 2 N–H and O–H groups in total. The Bertz CT molecular complexity index is 735. The third-order valence-corrected chi connectivity index (χ3v) is 3.43. The Kier molecular flexibility index (Phi) is 3.09. The van der Waals surface area contributed by atoms with Gasteiger partial charge in [-0.05, 0) is 13.0 Å². The topological polar surface area (TPSA) is 89.3 Å². The zero-order chi connectivity index (χ0) is 15.0. The van der Waals surface area contributed by atoms with E-state index in [2.05, 4.69) is 15.4 Å². The summed E-state index contributed by atoms with van der Waals surface area (Å²) >= 11 is 0. The van der Waals surface area contributed by atoms with Crippen molar-refractivity contribution in [3.63, 3.8) is 0 Å². The fraction of sp³-hybridized carbons (Fsp3) is 0.214. The third kappa shape index (κ3) is 2.03. The molecule has 1 unspecified atom stereocenters. The zero-order valence-corrected chi connectivity index (χ0v) is 11.6. The van der Waals surface area contributed by atoms with Gasteiger partial charge in [0.05, 0.1) is 12.7 Å². The second-order valence-corrected chi connectivity index (χ2v) is 4.64. The van der Waals surface area contributed by atoms with Crippen molar-refractivity contribution in [2.24, 2.45) is 0 Å². The number of fused-ring (bicyclic) bond motifs is 1. The smallest absolute Gasteiger partial charge is 0.338 e. The van der Waals surface area contributed by atoms with E-state index in [1.165, 1.54) is 13.4 Å². The highest BCUT2D eigenvalue weighted by molar-refractivity contribution is 5.92. The molecule has 1 aromatic heterocycles. The van der Waals surface area contributed by atoms with Crippen LogP contribution in [0, 0.1) is 0 Å². The van der Waals surface area contributed by atoms with Crippen molar-refractivity contribution in [2.45, 2.75) is 13.0 Å². The number of nitrogens with zero attached hydrogens (tertiary/aromatic N) is 3. The van der Waals surface area contributed by atoms with Crippen LogP contribution in [-0.2, 0) is 9.53 Å². The van der Waals surface area contributed by atoms with E-state index in [4.69, 9.17) is 4.74 Å². The number of hydrogen-bond donors (Lipinski definition) is 2. The summed E-state index contributed by atoms with van der Waals surface area (Å²) in [5, 5.41) is 17.3. The molecule has 7 heteroatoms. The number of para-hydroxylation sites is 1. The largest absolute Gasteiger partial charge is 0.508 e. The van der Waals surface area contributed by atoms with Gasteiger partial charge in [-0.15, -0.1) is 0 Å². The second-order valence-electron chi connectivity index (χ2n) is 4.64. The number of carbonyl (C=O) groups is 1. The molecule has 3 rings (SSSR count). The van der Waals surface area contributed by atoms with Gasteiger partial charge in [0.1, 0.15) is 18.1 Å². The fourth-order valence-corrected chi connectivity index (χ4v) is 2.47. The molecule has 0 saturated heterocycles. The molecular formula is C14H14N4O3. The van der Waals surface area contributed by atoms with Crippen molar-refractivity contribution in [1.29, 1.82) is 0 Å². The Morgan fingerprint density at radius 3 is 2.90 bits per heavy atom. The quantitative estimate of drug-likeness (QED) is 0.812. The summed E-state index contributed by atoms with van der Waals surface area (Å²) in [4.78, 5) is 16.2. The number of anilines is 1. The average molecular weight is 286 g/mol. The van der Waals surface area contributed by atoms with Crippen molar-refractivity contribution in [1.82, 2.24) is 14.8 Å². The number of aromatic hydroxyl groups is 1. The van der Waals surface area contributed by atoms with Gasteiger partial charge in [-0.3, -0.25) is 0 Å². The first-order valence-electron chi connectivity index (χ1n) is 6.37. The maximum atomic E-state index is 12.1. The molecular weight excluding hydrogens is 272 g/mol. The predicted octanol–water partition coefficient (Wildman–Crippen LogP) is 1.45. The van der Waals surface area contributed by atoms with E-state index >= 15 is 0 Å². The summed E-state index contributed by atoms with van der Waals surface area (Å²) in [6, 6.07) is 6.23. The zero-order valence-electron chi connectivity index (χ0n) is 11.6. The molecule has 2 heterocycles. The van der Waals surface area contributed by atoms with Gasteiger partial charge in [0, 0.05) is 11.3 Å². The Balaban J connectivity index is 2.23. The Morgan fingerprint density at radius 2 is 2.19 bits per heavy atom. The van der Waals surface area contributed by atoms with Gasteiger partial charge in [-0.25, -0.2) is 9.48 Å². The van der Waals surface area contributed by atoms with E-state index in [1.54, 1.807) is 35.9 Å². The Morgan fingerprint density at radius 1 is 1.43 bits per heavy atom. The molecule has 0 amide bonds. The van der Waals surface area contributed by atoms with Gasteiger partial charge in [-0.1, -0.05) is 18.2 Å². The number of phenolic OH excluding ortho intramolecular Hbond substituents is 1. The number of methoxy groups -OCH3 is 1. The molecule has 0 aliphatic carbocycles. The number of hydrogen-bond acceptors (Lipinski definition) is 6. The van der Waals surface area contributed by atoms with Crippen LogP contribution in [0.4, 0.5) is 5.95 Å². The van der Waals surface area contributed by atoms with Crippen molar-refractivity contribution < 1.29 is 14.6 Å². The Hall–Kier alpha value is -2.83. The minimum Gasteiger partial charge on any atom is -0.508 e. The van der Waals surface area contributed by atoms with Crippen LogP contribution in [0.5, 0.6) is 5.75 Å². The number of ether oxygens (including phenoxy) is 1. The summed E-state index contributed by atoms with van der Waals surface area (Å²) in [6.45, 7) is 1.76. The number of rotatable bonds is 2. The normalized spacial score (nSPS) is 17.1. The molecule has 1 aliphatic heterocycles. The molecule has 0 saturated carbocycles. The van der Waals surface area contributed by atoms with E-state index in [1.807, 2.05) is 0 Å². The lowest BCUT2D eigenvalue weighted by atomic mass is 9.95. The van der Waals surface area contributed by atoms with Crippen molar-refractivity contribution >= 4 is 11.9 Å². The fourth-order valence-electron chi connectivity index (χ4n) is 2.47. The monoisotopic (exact) mass is 286 g/mol. The number of allylic oxidation sites excluding steroid dienone is 1. The number of carbonyl (C=O) groups excluding carboxylic acids is 1. The number of nitrogens with one attached hydrogen (secondary N) is 1. The molecule has 0 fully saturated rings. The van der Waals surface area contributed by atoms with Crippen molar-refractivity contribution in [2.75, 3.05) is 12.4 Å². The van der Waals surface area contributed by atoms with E-state index in [0.717, 1.165) is 0 Å². The standard InChI is InChI=1S/C14H14N4O3/c1-8-11(13(20)21-2)12(9-5-3-4-6-10(9)19)18-14(17-8)15-7-16-18/h3-7,12,19H,1-2H3,(H,15,16,17). The maximum absolute atomic E-state index is 12.1. The lowest BCUT2D eigenvalue weighted by molar-refractivity contribution is -0.136. The highest BCUT2D eigenvalue weighted by Crippen LogP contribution is 2.38. The first-order valence-corrected chi connectivity index (χ1v) is 6.37. The predicted molar refractivity (Wildman–Crippen MR) is 74.6 cm³/mol. The minimum absolute atomic E-state index is 0.0834. The summed E-state index contributed by atoms with van der Waals surface area (Å²) in [7, 11) is 1.32. The molecule has 21 heavy (non-hydrogen) atoms. The summed E-state index contributed by atoms with van der Waals surface area (Å²) in [6.07, 6.45) is 1.39. The van der Waals surface area contributed by atoms with Crippen LogP contribution in [0.25, 0.3) is 0 Å². The van der Waals surface area contributed by atoms with Gasteiger partial charge < -0.3 is 15.2 Å². The second kappa shape index (κ2) is 4.93. The van der Waals surface area contributed by atoms with Gasteiger partial charge in [0.15, 0.2) is 0 Å². The molecule has 1 aromatic carbocycles. The molecule has 0 spiro atoms. The van der Waals surface area contributed by atoms with Crippen LogP contribution in [0.2, 0.25) is 0 Å². The van der Waals surface area contributed by atoms with Gasteiger partial charge >= 0.3 is 5.97 Å². The summed E-state index contributed by atoms with van der Waals surface area (Å²) in [5.41, 5.74) is 1.57. The number of aromatic nitrogens is 3. The highest BCUT2D eigenvalue weighted by Gasteiger charge is 2.35. The first kappa shape index (κ1) is 13.2. The van der Waals surface area contributed by atoms with Crippen LogP contribution in [-0.4, -0.2) is 33.0 Å². The van der Waals surface area contributed by atoms with E-state index in [9.17, 15) is 9.90 Å². The van der Waals surface area contributed by atoms with Crippen LogP contribution in [0.1, 0.15) is 18.5 Å². The average Bonchev–Trinajstić information content (AvgIpc) is 2.93. The van der Waals surface area contributed by atoms with Gasteiger partial charge in [0.25, 0.3) is 0 Å². The molecule has 0 radical (unpaired) electrons. The molecule has 108 valence electrons. The Labute approximate surface area is 120 Å². The molecule has 7 nitrogen and oxygen atoms in total. The molecule has 1 aliphatic rings. The lowest BCUT2D eigenvalue weighted by Crippen LogP contribution is -2.29. The summed E-state index contributed by atoms with van der Waals surface area (Å²) < 4.78 is 6.41. The van der Waals surface area contributed by atoms with E-state index < -0.39 is 12.0 Å². The van der Waals surface area contributed by atoms with Crippen molar-refractivity contribution in [3.8, 4) is 5.75 Å². The van der Waals surface area contributed by atoms with E-state index in [0.29, 0.717) is 22.8 Å². The molecule has 0 bridgehead atoms. The number of esters is 1. The highest BCUT2D eigenvalue weighted by atomic mass is 16.5. The van der Waals surface area contributed by atoms with Crippen molar-refractivity contribution in [3.05, 3.63) is 47.4 Å². The van der Waals surface area contributed by atoms with Crippen LogP contribution < -0.4 is 5.32 Å². The number of phenols is 1. The van der Waals surface area contributed by atoms with Gasteiger partial charge in [0.2, 0.25) is 5.95 Å². The van der Waals surface area contributed by atoms with Crippen LogP contribution >= 0.6 is 0 Å². The van der Waals surface area contributed by atoms with Crippen LogP contribution in [0.3, 0.4) is 0 Å². The molecule has 2 aromatic rings. The molecule has 1 atom stereocenters. The van der Waals surface area contributed by atoms with Gasteiger partial charge in [-0.2, -0.15) is 10.1 Å². The van der Waals surface area contributed by atoms with Crippen LogP contribution in [0.15, 0.2) is 41.9 Å². The van der Waals surface area contributed by atoms with E-state index in [-0.39, 0.29) is 5.75 Å². The maximum Gasteiger partial charge on any atom is 0.338 e.